The second kappa shape index (κ2) is 5.48. The van der Waals surface area contributed by atoms with Crippen molar-refractivity contribution >= 4 is 23.1 Å². The van der Waals surface area contributed by atoms with E-state index >= 15 is 0 Å². The van der Waals surface area contributed by atoms with Gasteiger partial charge in [-0.05, 0) is 19.8 Å². The van der Waals surface area contributed by atoms with E-state index in [1.165, 1.54) is 0 Å². The molecule has 1 unspecified atom stereocenters. The van der Waals surface area contributed by atoms with Crippen molar-refractivity contribution in [2.45, 2.75) is 33.7 Å². The Hall–Kier alpha value is -1.43. The number of carbonyl (C=O) groups is 1. The van der Waals surface area contributed by atoms with E-state index in [0.29, 0.717) is 16.2 Å². The summed E-state index contributed by atoms with van der Waals surface area (Å²) in [4.78, 5) is 12.5. The van der Waals surface area contributed by atoms with Crippen molar-refractivity contribution in [3.05, 3.63) is 17.0 Å². The lowest BCUT2D eigenvalue weighted by atomic mass is 10.0. The van der Waals surface area contributed by atoms with Crippen molar-refractivity contribution in [3.8, 4) is 0 Å². The van der Waals surface area contributed by atoms with E-state index in [0.717, 1.165) is 5.69 Å². The minimum absolute atomic E-state index is 0.156. The average Bonchev–Trinajstić information content (AvgIpc) is 2.48. The summed E-state index contributed by atoms with van der Waals surface area (Å²) in [7, 11) is 1.81. The van der Waals surface area contributed by atoms with Crippen molar-refractivity contribution in [1.82, 2.24) is 15.1 Å². The molecule has 0 fully saturated rings. The number of nitrogens with one attached hydrogen (secondary N) is 1. The van der Waals surface area contributed by atoms with Crippen LogP contribution in [-0.4, -0.2) is 26.7 Å². The van der Waals surface area contributed by atoms with E-state index in [2.05, 4.69) is 10.4 Å². The Bertz CT molecular complexity index is 479. The van der Waals surface area contributed by atoms with Crippen LogP contribution in [0.15, 0.2) is 0 Å². The lowest BCUT2D eigenvalue weighted by Gasteiger charge is -2.21. The Labute approximate surface area is 113 Å². The molecule has 1 rings (SSSR count). The van der Waals surface area contributed by atoms with Gasteiger partial charge in [-0.2, -0.15) is 5.10 Å². The van der Waals surface area contributed by atoms with Gasteiger partial charge in [0.15, 0.2) is 0 Å². The molecule has 0 saturated carbocycles. The zero-order valence-electron chi connectivity index (χ0n) is 11.4. The molecule has 18 heavy (non-hydrogen) atoms. The van der Waals surface area contributed by atoms with Gasteiger partial charge in [-0.25, -0.2) is 0 Å². The summed E-state index contributed by atoms with van der Waals surface area (Å²) >= 11 is 4.97. The number of nitrogens with two attached hydrogens (primary N) is 1. The van der Waals surface area contributed by atoms with Crippen molar-refractivity contribution in [2.24, 2.45) is 18.7 Å². The van der Waals surface area contributed by atoms with Gasteiger partial charge < -0.3 is 11.1 Å². The van der Waals surface area contributed by atoms with E-state index < -0.39 is 0 Å². The molecule has 0 aliphatic rings. The van der Waals surface area contributed by atoms with Crippen LogP contribution in [0, 0.1) is 19.8 Å². The van der Waals surface area contributed by atoms with Gasteiger partial charge in [0.25, 0.3) is 5.91 Å². The van der Waals surface area contributed by atoms with Crippen LogP contribution in [0.25, 0.3) is 0 Å². The topological polar surface area (TPSA) is 72.9 Å². The molecule has 1 atom stereocenters. The van der Waals surface area contributed by atoms with Gasteiger partial charge >= 0.3 is 0 Å². The number of hydrogen-bond donors (Lipinski definition) is 2. The first kappa shape index (κ1) is 14.6. The van der Waals surface area contributed by atoms with Gasteiger partial charge in [-0.1, -0.05) is 26.1 Å². The third-order valence-electron chi connectivity index (χ3n) is 3.00. The monoisotopic (exact) mass is 268 g/mol. The van der Waals surface area contributed by atoms with Crippen molar-refractivity contribution < 1.29 is 4.79 Å². The smallest absolute Gasteiger partial charge is 0.255 e. The summed E-state index contributed by atoms with van der Waals surface area (Å²) in [6.45, 7) is 7.60. The van der Waals surface area contributed by atoms with Crippen LogP contribution in [-0.2, 0) is 7.05 Å². The first-order valence-electron chi connectivity index (χ1n) is 5.86. The van der Waals surface area contributed by atoms with E-state index in [-0.39, 0.29) is 17.9 Å². The van der Waals surface area contributed by atoms with E-state index in [1.807, 2.05) is 34.7 Å². The van der Waals surface area contributed by atoms with Gasteiger partial charge in [0.05, 0.1) is 22.3 Å². The highest BCUT2D eigenvalue weighted by Crippen LogP contribution is 2.13. The highest BCUT2D eigenvalue weighted by atomic mass is 32.1. The molecular weight excluding hydrogens is 248 g/mol. The highest BCUT2D eigenvalue weighted by molar-refractivity contribution is 7.80. The predicted molar refractivity (Wildman–Crippen MR) is 75.6 cm³/mol. The second-order valence-corrected chi connectivity index (χ2v) is 5.24. The zero-order valence-corrected chi connectivity index (χ0v) is 12.3. The SMILES string of the molecule is Cc1nn(C)c(C)c1C(=O)NC(C(N)=S)C(C)C. The number of rotatable bonds is 4. The normalized spacial score (nSPS) is 12.6. The van der Waals surface area contributed by atoms with Crippen molar-refractivity contribution in [3.63, 3.8) is 0 Å². The highest BCUT2D eigenvalue weighted by Gasteiger charge is 2.23. The lowest BCUT2D eigenvalue weighted by molar-refractivity contribution is 0.0938. The van der Waals surface area contributed by atoms with Crippen LogP contribution in [0.1, 0.15) is 35.6 Å². The minimum atomic E-state index is -0.300. The fourth-order valence-electron chi connectivity index (χ4n) is 1.88. The molecule has 0 radical (unpaired) electrons. The largest absolute Gasteiger partial charge is 0.392 e. The first-order valence-corrected chi connectivity index (χ1v) is 6.26. The molecule has 100 valence electrons. The Kier molecular flexibility index (Phi) is 4.45. The number of carbonyl (C=O) groups excluding carboxylic acids is 1. The van der Waals surface area contributed by atoms with Crippen LogP contribution >= 0.6 is 12.2 Å². The molecule has 5 nitrogen and oxygen atoms in total. The summed E-state index contributed by atoms with van der Waals surface area (Å²) in [6.07, 6.45) is 0. The molecule has 0 saturated heterocycles. The summed E-state index contributed by atoms with van der Waals surface area (Å²) in [5.41, 5.74) is 7.77. The first-order chi connectivity index (χ1) is 8.25. The van der Waals surface area contributed by atoms with Crippen LogP contribution < -0.4 is 11.1 Å². The maximum Gasteiger partial charge on any atom is 0.255 e. The molecule has 0 aliphatic heterocycles. The second-order valence-electron chi connectivity index (χ2n) is 4.77. The van der Waals surface area contributed by atoms with Crippen LogP contribution in [0.4, 0.5) is 0 Å². The van der Waals surface area contributed by atoms with Crippen LogP contribution in [0.3, 0.4) is 0 Å². The summed E-state index contributed by atoms with van der Waals surface area (Å²) in [5, 5.41) is 7.09. The molecule has 0 aromatic carbocycles. The molecule has 1 aromatic heterocycles. The molecule has 0 aliphatic carbocycles. The molecule has 1 aromatic rings. The van der Waals surface area contributed by atoms with Gasteiger partial charge in [0.2, 0.25) is 0 Å². The maximum atomic E-state index is 12.2. The molecular formula is C12H20N4OS. The lowest BCUT2D eigenvalue weighted by Crippen LogP contribution is -2.47. The van der Waals surface area contributed by atoms with Crippen molar-refractivity contribution in [2.75, 3.05) is 0 Å². The van der Waals surface area contributed by atoms with Crippen LogP contribution in [0.2, 0.25) is 0 Å². The van der Waals surface area contributed by atoms with Gasteiger partial charge in [0.1, 0.15) is 0 Å². The molecule has 1 amide bonds. The van der Waals surface area contributed by atoms with Gasteiger partial charge in [-0.3, -0.25) is 9.48 Å². The number of hydrogen-bond acceptors (Lipinski definition) is 3. The molecule has 0 spiro atoms. The number of nitrogens with zero attached hydrogens (tertiary/aromatic N) is 2. The van der Waals surface area contributed by atoms with Crippen molar-refractivity contribution in [1.29, 1.82) is 0 Å². The van der Waals surface area contributed by atoms with E-state index in [1.54, 1.807) is 4.68 Å². The number of aryl methyl sites for hydroxylation is 2. The number of aromatic nitrogens is 2. The van der Waals surface area contributed by atoms with Gasteiger partial charge in [-0.15, -0.1) is 0 Å². The standard InChI is InChI=1S/C12H20N4OS/c1-6(2)10(11(13)18)14-12(17)9-7(3)15-16(5)8(9)4/h6,10H,1-5H3,(H2,13,18)(H,14,17). The Morgan fingerprint density at radius 2 is 2.00 bits per heavy atom. The maximum absolute atomic E-state index is 12.2. The minimum Gasteiger partial charge on any atom is -0.392 e. The molecule has 6 heteroatoms. The zero-order chi connectivity index (χ0) is 14.0. The third kappa shape index (κ3) is 2.87. The Morgan fingerprint density at radius 3 is 2.33 bits per heavy atom. The predicted octanol–water partition coefficient (Wildman–Crippen LogP) is 1.08. The van der Waals surface area contributed by atoms with E-state index in [4.69, 9.17) is 18.0 Å². The fraction of sp³-hybridized carbons (Fsp3) is 0.583. The molecule has 1 heterocycles. The summed E-state index contributed by atoms with van der Waals surface area (Å²) < 4.78 is 1.69. The third-order valence-corrected chi connectivity index (χ3v) is 3.25. The quantitative estimate of drug-likeness (QED) is 0.801. The average molecular weight is 268 g/mol. The van der Waals surface area contributed by atoms with Crippen LogP contribution in [0.5, 0.6) is 0 Å². The number of amides is 1. The van der Waals surface area contributed by atoms with Gasteiger partial charge in [0, 0.05) is 12.7 Å². The Balaban J connectivity index is 2.98. The summed E-state index contributed by atoms with van der Waals surface area (Å²) in [6, 6.07) is -0.300. The number of thiocarbonyl (C=S) groups is 1. The molecule has 0 bridgehead atoms. The Morgan fingerprint density at radius 1 is 1.44 bits per heavy atom. The molecule has 3 N–H and O–H groups in total. The fourth-order valence-corrected chi connectivity index (χ4v) is 2.21. The van der Waals surface area contributed by atoms with E-state index in [9.17, 15) is 4.79 Å². The summed E-state index contributed by atoms with van der Waals surface area (Å²) in [5.74, 6) is -0.0201.